The summed E-state index contributed by atoms with van der Waals surface area (Å²) >= 11 is 11.9. The highest BCUT2D eigenvalue weighted by Gasteiger charge is 2.03. The lowest BCUT2D eigenvalue weighted by molar-refractivity contribution is 1.05. The molecule has 0 atom stereocenters. The Balaban J connectivity index is 1.68. The summed E-state index contributed by atoms with van der Waals surface area (Å²) in [5.74, 6) is 1.20. The maximum absolute atomic E-state index is 6.01. The van der Waals surface area contributed by atoms with Crippen molar-refractivity contribution in [1.29, 1.82) is 0 Å². The van der Waals surface area contributed by atoms with Gasteiger partial charge in [-0.2, -0.15) is 4.98 Å². The van der Waals surface area contributed by atoms with Crippen LogP contribution in [0.2, 0.25) is 10.0 Å². The highest BCUT2D eigenvalue weighted by molar-refractivity contribution is 6.42. The Labute approximate surface area is 143 Å². The van der Waals surface area contributed by atoms with E-state index in [2.05, 4.69) is 25.6 Å². The molecule has 7 heteroatoms. The molecule has 2 N–H and O–H groups in total. The molecule has 2 aromatic heterocycles. The first-order valence-electron chi connectivity index (χ1n) is 6.88. The predicted molar refractivity (Wildman–Crippen MR) is 93.3 cm³/mol. The third-order valence-corrected chi connectivity index (χ3v) is 3.79. The summed E-state index contributed by atoms with van der Waals surface area (Å²) in [6, 6.07) is 11.0. The van der Waals surface area contributed by atoms with Crippen LogP contribution in [0.1, 0.15) is 5.56 Å². The molecule has 0 fully saturated rings. The lowest BCUT2D eigenvalue weighted by Gasteiger charge is -2.09. The van der Waals surface area contributed by atoms with Crippen molar-refractivity contribution >= 4 is 40.7 Å². The van der Waals surface area contributed by atoms with Crippen molar-refractivity contribution in [1.82, 2.24) is 15.0 Å². The van der Waals surface area contributed by atoms with Gasteiger partial charge >= 0.3 is 0 Å². The molecular weight excluding hydrogens is 333 g/mol. The van der Waals surface area contributed by atoms with Crippen LogP contribution < -0.4 is 10.6 Å². The van der Waals surface area contributed by atoms with E-state index < -0.39 is 0 Å². The number of hydrogen-bond donors (Lipinski definition) is 2. The lowest BCUT2D eigenvalue weighted by atomic mass is 10.3. The van der Waals surface area contributed by atoms with Crippen molar-refractivity contribution in [3.05, 3.63) is 70.6 Å². The second kappa shape index (κ2) is 7.26. The number of nitrogens with zero attached hydrogens (tertiary/aromatic N) is 3. The zero-order valence-electron chi connectivity index (χ0n) is 12.0. The van der Waals surface area contributed by atoms with Crippen molar-refractivity contribution in [2.75, 3.05) is 10.6 Å². The Morgan fingerprint density at radius 2 is 1.74 bits per heavy atom. The minimum atomic E-state index is 0.488. The summed E-state index contributed by atoms with van der Waals surface area (Å²) in [7, 11) is 0. The monoisotopic (exact) mass is 345 g/mol. The van der Waals surface area contributed by atoms with Crippen molar-refractivity contribution in [3.63, 3.8) is 0 Å². The van der Waals surface area contributed by atoms with Crippen molar-refractivity contribution < 1.29 is 0 Å². The number of pyridine rings is 1. The number of halogens is 2. The normalized spacial score (nSPS) is 10.3. The van der Waals surface area contributed by atoms with E-state index in [0.717, 1.165) is 11.3 Å². The van der Waals surface area contributed by atoms with Crippen LogP contribution in [0.15, 0.2) is 55.0 Å². The molecule has 0 aliphatic rings. The quantitative estimate of drug-likeness (QED) is 0.710. The molecule has 0 aliphatic heterocycles. The number of rotatable bonds is 5. The van der Waals surface area contributed by atoms with Gasteiger partial charge in [0.25, 0.3) is 0 Å². The number of aromatic nitrogens is 3. The van der Waals surface area contributed by atoms with E-state index in [1.54, 1.807) is 36.8 Å². The van der Waals surface area contributed by atoms with Crippen LogP contribution in [0.25, 0.3) is 0 Å². The highest BCUT2D eigenvalue weighted by atomic mass is 35.5. The maximum atomic E-state index is 6.01. The standard InChI is InChI=1S/C16H13Cl2N5/c17-13-2-1-12(9-14(13)18)22-15-5-8-20-16(23-15)21-10-11-3-6-19-7-4-11/h1-9H,10H2,(H2,20,21,22,23). The third kappa shape index (κ3) is 4.31. The molecule has 5 nitrogen and oxygen atoms in total. The molecule has 1 aromatic carbocycles. The molecule has 0 saturated heterocycles. The van der Waals surface area contributed by atoms with Gasteiger partial charge in [0, 0.05) is 30.8 Å². The number of benzene rings is 1. The average Bonchev–Trinajstić information content (AvgIpc) is 2.58. The molecule has 3 rings (SSSR count). The fraction of sp³-hybridized carbons (Fsp3) is 0.0625. The molecular formula is C16H13Cl2N5. The van der Waals surface area contributed by atoms with Crippen LogP contribution >= 0.6 is 23.2 Å². The van der Waals surface area contributed by atoms with Gasteiger partial charge in [-0.25, -0.2) is 4.98 Å². The Morgan fingerprint density at radius 1 is 0.913 bits per heavy atom. The van der Waals surface area contributed by atoms with E-state index in [0.29, 0.717) is 28.4 Å². The fourth-order valence-electron chi connectivity index (χ4n) is 1.92. The predicted octanol–water partition coefficient (Wildman–Crippen LogP) is 4.53. The first-order chi connectivity index (χ1) is 11.2. The van der Waals surface area contributed by atoms with Crippen LogP contribution in [0.3, 0.4) is 0 Å². The lowest BCUT2D eigenvalue weighted by Crippen LogP contribution is -2.05. The van der Waals surface area contributed by atoms with Gasteiger partial charge in [0.2, 0.25) is 5.95 Å². The van der Waals surface area contributed by atoms with Crippen LogP contribution in [0.4, 0.5) is 17.5 Å². The van der Waals surface area contributed by atoms with Gasteiger partial charge in [-0.05, 0) is 42.0 Å². The molecule has 0 saturated carbocycles. The van der Waals surface area contributed by atoms with E-state index >= 15 is 0 Å². The molecule has 0 aliphatic carbocycles. The number of nitrogens with one attached hydrogen (secondary N) is 2. The molecule has 3 aromatic rings. The Hall–Kier alpha value is -2.37. The average molecular weight is 346 g/mol. The summed E-state index contributed by atoms with van der Waals surface area (Å²) in [5.41, 5.74) is 1.91. The summed E-state index contributed by atoms with van der Waals surface area (Å²) < 4.78 is 0. The van der Waals surface area contributed by atoms with E-state index in [9.17, 15) is 0 Å². The zero-order valence-corrected chi connectivity index (χ0v) is 13.5. The second-order valence-corrected chi connectivity index (χ2v) is 5.54. The molecule has 116 valence electrons. The van der Waals surface area contributed by atoms with Gasteiger partial charge in [-0.1, -0.05) is 23.2 Å². The van der Waals surface area contributed by atoms with E-state index in [4.69, 9.17) is 23.2 Å². The van der Waals surface area contributed by atoms with Crippen molar-refractivity contribution in [2.45, 2.75) is 6.54 Å². The topological polar surface area (TPSA) is 62.7 Å². The summed E-state index contributed by atoms with van der Waals surface area (Å²) in [6.45, 7) is 0.624. The van der Waals surface area contributed by atoms with Gasteiger partial charge in [-0.3, -0.25) is 4.98 Å². The molecule has 0 radical (unpaired) electrons. The minimum Gasteiger partial charge on any atom is -0.350 e. The molecule has 2 heterocycles. The first-order valence-corrected chi connectivity index (χ1v) is 7.64. The highest BCUT2D eigenvalue weighted by Crippen LogP contribution is 2.26. The van der Waals surface area contributed by atoms with Gasteiger partial charge in [0.05, 0.1) is 10.0 Å². The zero-order chi connectivity index (χ0) is 16.1. The Morgan fingerprint density at radius 3 is 2.52 bits per heavy atom. The van der Waals surface area contributed by atoms with Gasteiger partial charge < -0.3 is 10.6 Å². The minimum absolute atomic E-state index is 0.488. The van der Waals surface area contributed by atoms with Crippen LogP contribution in [0, 0.1) is 0 Å². The van der Waals surface area contributed by atoms with Crippen LogP contribution in [-0.2, 0) is 6.54 Å². The molecule has 0 bridgehead atoms. The third-order valence-electron chi connectivity index (χ3n) is 3.05. The Kier molecular flexibility index (Phi) is 4.90. The van der Waals surface area contributed by atoms with Crippen LogP contribution in [0.5, 0.6) is 0 Å². The smallest absolute Gasteiger partial charge is 0.224 e. The molecule has 0 spiro atoms. The molecule has 0 amide bonds. The molecule has 0 unspecified atom stereocenters. The summed E-state index contributed by atoms with van der Waals surface area (Å²) in [5, 5.41) is 7.34. The van der Waals surface area contributed by atoms with Gasteiger partial charge in [-0.15, -0.1) is 0 Å². The van der Waals surface area contributed by atoms with Crippen molar-refractivity contribution in [2.24, 2.45) is 0 Å². The first kappa shape index (κ1) is 15.5. The maximum Gasteiger partial charge on any atom is 0.224 e. The number of hydrogen-bond acceptors (Lipinski definition) is 5. The Bertz CT molecular complexity index is 795. The van der Waals surface area contributed by atoms with Crippen molar-refractivity contribution in [3.8, 4) is 0 Å². The second-order valence-electron chi connectivity index (χ2n) is 4.73. The number of anilines is 3. The van der Waals surface area contributed by atoms with Gasteiger partial charge in [0.15, 0.2) is 0 Å². The molecule has 23 heavy (non-hydrogen) atoms. The van der Waals surface area contributed by atoms with E-state index in [1.807, 2.05) is 18.2 Å². The summed E-state index contributed by atoms with van der Waals surface area (Å²) in [6.07, 6.45) is 5.18. The SMILES string of the molecule is Clc1ccc(Nc2ccnc(NCc3ccncc3)n2)cc1Cl. The fourth-order valence-corrected chi connectivity index (χ4v) is 2.22. The van der Waals surface area contributed by atoms with E-state index in [-0.39, 0.29) is 0 Å². The summed E-state index contributed by atoms with van der Waals surface area (Å²) in [4.78, 5) is 12.6. The van der Waals surface area contributed by atoms with Crippen LogP contribution in [-0.4, -0.2) is 15.0 Å². The largest absolute Gasteiger partial charge is 0.350 e. The van der Waals surface area contributed by atoms with E-state index in [1.165, 1.54) is 0 Å². The van der Waals surface area contributed by atoms with Gasteiger partial charge in [0.1, 0.15) is 5.82 Å².